The van der Waals surface area contributed by atoms with E-state index < -0.39 is 0 Å². The third kappa shape index (κ3) is 3.80. The number of nitrogens with zero attached hydrogens (tertiary/aromatic N) is 2. The summed E-state index contributed by atoms with van der Waals surface area (Å²) in [6.45, 7) is 9.95. The summed E-state index contributed by atoms with van der Waals surface area (Å²) in [6, 6.07) is 3.27. The standard InChI is InChI=1S/C18H35N3/c1-3-9-19-16-12-17-7-8-18(13-16)21(17)15(2)14-20-10-5-4-6-11-20/h15-19H,3-14H2,1-2H3. The molecule has 3 heterocycles. The topological polar surface area (TPSA) is 18.5 Å². The highest BCUT2D eigenvalue weighted by atomic mass is 15.3. The summed E-state index contributed by atoms with van der Waals surface area (Å²) in [6.07, 6.45) is 11.2. The van der Waals surface area contributed by atoms with Crippen molar-refractivity contribution in [2.24, 2.45) is 0 Å². The monoisotopic (exact) mass is 293 g/mol. The van der Waals surface area contributed by atoms with Gasteiger partial charge in [0.2, 0.25) is 0 Å². The molecule has 3 nitrogen and oxygen atoms in total. The van der Waals surface area contributed by atoms with Crippen molar-refractivity contribution >= 4 is 0 Å². The van der Waals surface area contributed by atoms with Gasteiger partial charge in [0.15, 0.2) is 0 Å². The first kappa shape index (κ1) is 15.8. The molecule has 21 heavy (non-hydrogen) atoms. The molecule has 1 N–H and O–H groups in total. The zero-order chi connectivity index (χ0) is 14.7. The molecule has 0 amide bonds. The van der Waals surface area contributed by atoms with Crippen LogP contribution in [0.3, 0.4) is 0 Å². The first-order chi connectivity index (χ1) is 10.3. The maximum absolute atomic E-state index is 3.78. The van der Waals surface area contributed by atoms with Crippen LogP contribution in [0.4, 0.5) is 0 Å². The molecule has 3 rings (SSSR count). The number of nitrogens with one attached hydrogen (secondary N) is 1. The zero-order valence-electron chi connectivity index (χ0n) is 14.2. The molecule has 0 radical (unpaired) electrons. The van der Waals surface area contributed by atoms with Gasteiger partial charge in [-0.1, -0.05) is 13.3 Å². The third-order valence-electron chi connectivity index (χ3n) is 5.95. The summed E-state index contributed by atoms with van der Waals surface area (Å²) < 4.78 is 0. The van der Waals surface area contributed by atoms with Crippen molar-refractivity contribution in [2.75, 3.05) is 26.2 Å². The zero-order valence-corrected chi connectivity index (χ0v) is 14.2. The van der Waals surface area contributed by atoms with Crippen LogP contribution in [-0.2, 0) is 0 Å². The Morgan fingerprint density at radius 3 is 2.33 bits per heavy atom. The van der Waals surface area contributed by atoms with E-state index in [-0.39, 0.29) is 0 Å². The van der Waals surface area contributed by atoms with Gasteiger partial charge in [0.05, 0.1) is 0 Å². The average Bonchev–Trinajstić information content (AvgIpc) is 2.77. The van der Waals surface area contributed by atoms with Crippen molar-refractivity contribution < 1.29 is 0 Å². The van der Waals surface area contributed by atoms with Gasteiger partial charge in [0.25, 0.3) is 0 Å². The van der Waals surface area contributed by atoms with Gasteiger partial charge in [-0.25, -0.2) is 0 Å². The summed E-state index contributed by atoms with van der Waals surface area (Å²) >= 11 is 0. The van der Waals surface area contributed by atoms with Gasteiger partial charge in [-0.2, -0.15) is 0 Å². The maximum atomic E-state index is 3.78. The lowest BCUT2D eigenvalue weighted by molar-refractivity contribution is 0.0530. The second kappa shape index (κ2) is 7.43. The molecule has 0 aromatic heterocycles. The molecule has 3 heteroatoms. The quantitative estimate of drug-likeness (QED) is 0.812. The normalized spacial score (nSPS) is 36.0. The molecule has 3 aliphatic rings. The molecular formula is C18H35N3. The Kier molecular flexibility index (Phi) is 5.58. The Morgan fingerprint density at radius 1 is 1.05 bits per heavy atom. The molecule has 3 aliphatic heterocycles. The molecular weight excluding hydrogens is 258 g/mol. The van der Waals surface area contributed by atoms with Crippen LogP contribution in [0.5, 0.6) is 0 Å². The van der Waals surface area contributed by atoms with E-state index in [2.05, 4.69) is 29.0 Å². The van der Waals surface area contributed by atoms with Crippen molar-refractivity contribution in [3.8, 4) is 0 Å². The van der Waals surface area contributed by atoms with Gasteiger partial charge in [0, 0.05) is 30.7 Å². The Balaban J connectivity index is 1.51. The molecule has 2 bridgehead atoms. The molecule has 3 unspecified atom stereocenters. The van der Waals surface area contributed by atoms with Crippen LogP contribution in [0.1, 0.15) is 65.2 Å². The molecule has 3 fully saturated rings. The SMILES string of the molecule is CCCNC1CC2CCC(C1)N2C(C)CN1CCCCC1. The number of fused-ring (bicyclic) bond motifs is 2. The van der Waals surface area contributed by atoms with E-state index in [1.807, 2.05) is 0 Å². The van der Waals surface area contributed by atoms with E-state index in [0.717, 1.165) is 24.2 Å². The second-order valence-corrected chi connectivity index (χ2v) is 7.66. The van der Waals surface area contributed by atoms with E-state index in [1.54, 1.807) is 0 Å². The number of hydrogen-bond donors (Lipinski definition) is 1. The minimum Gasteiger partial charge on any atom is -0.314 e. The van der Waals surface area contributed by atoms with Crippen LogP contribution < -0.4 is 5.32 Å². The van der Waals surface area contributed by atoms with E-state index in [0.29, 0.717) is 0 Å². The smallest absolute Gasteiger partial charge is 0.0200 e. The number of rotatable bonds is 6. The van der Waals surface area contributed by atoms with Gasteiger partial charge in [-0.05, 0) is 71.5 Å². The molecule has 0 aromatic carbocycles. The second-order valence-electron chi connectivity index (χ2n) is 7.66. The highest BCUT2D eigenvalue weighted by Crippen LogP contribution is 2.37. The Bertz CT molecular complexity index is 300. The molecule has 3 atom stereocenters. The van der Waals surface area contributed by atoms with Crippen LogP contribution in [0.2, 0.25) is 0 Å². The van der Waals surface area contributed by atoms with Gasteiger partial charge < -0.3 is 10.2 Å². The molecule has 0 saturated carbocycles. The van der Waals surface area contributed by atoms with Gasteiger partial charge >= 0.3 is 0 Å². The molecule has 122 valence electrons. The summed E-state index contributed by atoms with van der Waals surface area (Å²) in [5.74, 6) is 0. The Hall–Kier alpha value is -0.120. The fourth-order valence-electron chi connectivity index (χ4n) is 5.06. The van der Waals surface area contributed by atoms with Crippen LogP contribution in [0.25, 0.3) is 0 Å². The fourth-order valence-corrected chi connectivity index (χ4v) is 5.06. The lowest BCUT2D eigenvalue weighted by atomic mass is 9.95. The Labute approximate surface area is 131 Å². The van der Waals surface area contributed by atoms with E-state index in [9.17, 15) is 0 Å². The lowest BCUT2D eigenvalue weighted by Crippen LogP contribution is -2.55. The average molecular weight is 293 g/mol. The predicted octanol–water partition coefficient (Wildman–Crippen LogP) is 2.86. The van der Waals surface area contributed by atoms with Crippen LogP contribution >= 0.6 is 0 Å². The van der Waals surface area contributed by atoms with Crippen molar-refractivity contribution in [1.82, 2.24) is 15.1 Å². The first-order valence-electron chi connectivity index (χ1n) is 9.51. The highest BCUT2D eigenvalue weighted by Gasteiger charge is 2.42. The Morgan fingerprint density at radius 2 is 1.71 bits per heavy atom. The van der Waals surface area contributed by atoms with Gasteiger partial charge in [-0.3, -0.25) is 4.90 Å². The van der Waals surface area contributed by atoms with Crippen LogP contribution in [-0.4, -0.2) is 60.1 Å². The molecule has 0 spiro atoms. The lowest BCUT2D eigenvalue weighted by Gasteiger charge is -2.44. The predicted molar refractivity (Wildman–Crippen MR) is 89.7 cm³/mol. The minimum atomic E-state index is 0.757. The fraction of sp³-hybridized carbons (Fsp3) is 1.00. The summed E-state index contributed by atoms with van der Waals surface area (Å²) in [7, 11) is 0. The van der Waals surface area contributed by atoms with Gasteiger partial charge in [0.1, 0.15) is 0 Å². The minimum absolute atomic E-state index is 0.757. The molecule has 0 aliphatic carbocycles. The van der Waals surface area contributed by atoms with Crippen LogP contribution in [0.15, 0.2) is 0 Å². The summed E-state index contributed by atoms with van der Waals surface area (Å²) in [5.41, 5.74) is 0. The summed E-state index contributed by atoms with van der Waals surface area (Å²) in [5, 5.41) is 3.78. The van der Waals surface area contributed by atoms with E-state index in [1.165, 1.54) is 77.5 Å². The summed E-state index contributed by atoms with van der Waals surface area (Å²) in [4.78, 5) is 5.62. The van der Waals surface area contributed by atoms with E-state index >= 15 is 0 Å². The van der Waals surface area contributed by atoms with Crippen LogP contribution in [0, 0.1) is 0 Å². The number of hydrogen-bond acceptors (Lipinski definition) is 3. The number of likely N-dealkylation sites (tertiary alicyclic amines) is 1. The van der Waals surface area contributed by atoms with Crippen molar-refractivity contribution in [2.45, 2.75) is 89.4 Å². The van der Waals surface area contributed by atoms with Crippen molar-refractivity contribution in [3.63, 3.8) is 0 Å². The number of piperidine rings is 2. The van der Waals surface area contributed by atoms with Crippen molar-refractivity contribution in [1.29, 1.82) is 0 Å². The molecule has 0 aromatic rings. The van der Waals surface area contributed by atoms with E-state index in [4.69, 9.17) is 0 Å². The maximum Gasteiger partial charge on any atom is 0.0200 e. The highest BCUT2D eigenvalue weighted by molar-refractivity contribution is 4.99. The molecule has 3 saturated heterocycles. The first-order valence-corrected chi connectivity index (χ1v) is 9.51. The third-order valence-corrected chi connectivity index (χ3v) is 5.95. The van der Waals surface area contributed by atoms with Crippen molar-refractivity contribution in [3.05, 3.63) is 0 Å². The van der Waals surface area contributed by atoms with Gasteiger partial charge in [-0.15, -0.1) is 0 Å². The largest absolute Gasteiger partial charge is 0.314 e.